The first kappa shape index (κ1) is 31.5. The number of likely N-dealkylation sites (N-methyl/N-ethyl adjacent to an activating group) is 1. The van der Waals surface area contributed by atoms with Crippen molar-refractivity contribution in [2.24, 2.45) is 0 Å². The van der Waals surface area contributed by atoms with E-state index in [1.807, 2.05) is 30.6 Å². The zero-order valence-corrected chi connectivity index (χ0v) is 26.3. The molecule has 0 saturated heterocycles. The van der Waals surface area contributed by atoms with Crippen molar-refractivity contribution in [3.63, 3.8) is 0 Å². The molecule has 0 aliphatic carbocycles. The van der Waals surface area contributed by atoms with Crippen molar-refractivity contribution >= 4 is 10.9 Å². The van der Waals surface area contributed by atoms with E-state index in [1.165, 1.54) is 33.2 Å². The van der Waals surface area contributed by atoms with Crippen LogP contribution in [0.25, 0.3) is 10.9 Å². The summed E-state index contributed by atoms with van der Waals surface area (Å²) in [5.74, 6) is 0. The molecule has 7 nitrogen and oxygen atoms in total. The van der Waals surface area contributed by atoms with Gasteiger partial charge in [-0.25, -0.2) is 0 Å². The van der Waals surface area contributed by atoms with Crippen molar-refractivity contribution in [2.75, 3.05) is 39.3 Å². The maximum Gasteiger partial charge on any atom is 0.0543 e. The first-order chi connectivity index (χ1) is 21.7. The lowest BCUT2D eigenvalue weighted by Gasteiger charge is -2.27. The number of para-hydroxylation sites is 1. The zero-order valence-electron chi connectivity index (χ0n) is 26.3. The Labute approximate surface area is 262 Å². The van der Waals surface area contributed by atoms with Crippen molar-refractivity contribution in [3.05, 3.63) is 131 Å². The summed E-state index contributed by atoms with van der Waals surface area (Å²) in [5.41, 5.74) is 8.80. The lowest BCUT2D eigenvalue weighted by atomic mass is 10.1. The van der Waals surface area contributed by atoms with E-state index < -0.39 is 0 Å². The van der Waals surface area contributed by atoms with Crippen molar-refractivity contribution in [1.82, 2.24) is 35.4 Å². The predicted molar refractivity (Wildman–Crippen MR) is 181 cm³/mol. The number of rotatable bonds is 18. The Morgan fingerprint density at radius 1 is 0.682 bits per heavy atom. The highest BCUT2D eigenvalue weighted by Gasteiger charge is 2.11. The highest BCUT2D eigenvalue weighted by Crippen LogP contribution is 2.21. The molecular weight excluding hydrogens is 542 g/mol. The Balaban J connectivity index is 1.11. The van der Waals surface area contributed by atoms with Gasteiger partial charge in [-0.3, -0.25) is 19.8 Å². The summed E-state index contributed by atoms with van der Waals surface area (Å²) >= 11 is 0. The van der Waals surface area contributed by atoms with Crippen LogP contribution in [0.5, 0.6) is 0 Å². The van der Waals surface area contributed by atoms with E-state index in [0.717, 1.165) is 83.3 Å². The molecule has 0 amide bonds. The van der Waals surface area contributed by atoms with Gasteiger partial charge < -0.3 is 15.6 Å². The second-order valence-corrected chi connectivity index (χ2v) is 11.5. The van der Waals surface area contributed by atoms with Gasteiger partial charge in [-0.15, -0.1) is 0 Å². The number of nitrogens with zero attached hydrogens (tertiary/aromatic N) is 4. The maximum absolute atomic E-state index is 4.54. The number of fused-ring (bicyclic) bond motifs is 1. The maximum atomic E-state index is 4.54. The van der Waals surface area contributed by atoms with Crippen LogP contribution in [0.4, 0.5) is 0 Å². The van der Waals surface area contributed by atoms with Gasteiger partial charge in [0.25, 0.3) is 0 Å². The predicted octanol–water partition coefficient (Wildman–Crippen LogP) is 5.71. The quantitative estimate of drug-likeness (QED) is 0.114. The Kier molecular flexibility index (Phi) is 12.1. The number of pyridine rings is 2. The third kappa shape index (κ3) is 9.56. The van der Waals surface area contributed by atoms with Crippen LogP contribution < -0.4 is 10.6 Å². The minimum Gasteiger partial charge on any atom is -0.361 e. The molecule has 230 valence electrons. The number of hydrogen-bond acceptors (Lipinski definition) is 6. The van der Waals surface area contributed by atoms with Gasteiger partial charge in [0.2, 0.25) is 0 Å². The van der Waals surface area contributed by atoms with Gasteiger partial charge in [0.05, 0.1) is 11.4 Å². The molecule has 2 aromatic carbocycles. The summed E-state index contributed by atoms with van der Waals surface area (Å²) in [6.07, 6.45) is 6.91. The van der Waals surface area contributed by atoms with Crippen molar-refractivity contribution < 1.29 is 0 Å². The number of aromatic amines is 1. The smallest absolute Gasteiger partial charge is 0.0543 e. The van der Waals surface area contributed by atoms with Gasteiger partial charge >= 0.3 is 0 Å². The molecule has 3 heterocycles. The van der Waals surface area contributed by atoms with Crippen molar-refractivity contribution in [2.45, 2.75) is 46.4 Å². The second kappa shape index (κ2) is 16.8. The molecule has 0 saturated carbocycles. The van der Waals surface area contributed by atoms with Crippen molar-refractivity contribution in [3.8, 4) is 0 Å². The fourth-order valence-corrected chi connectivity index (χ4v) is 5.63. The van der Waals surface area contributed by atoms with Gasteiger partial charge in [-0.1, -0.05) is 61.5 Å². The van der Waals surface area contributed by atoms with Gasteiger partial charge in [0, 0.05) is 81.9 Å². The number of aryl methyl sites for hydroxylation is 1. The van der Waals surface area contributed by atoms with Gasteiger partial charge in [-0.2, -0.15) is 0 Å². The Hall–Kier alpha value is -3.88. The molecule has 0 aliphatic heterocycles. The van der Waals surface area contributed by atoms with E-state index >= 15 is 0 Å². The molecule has 0 fully saturated rings. The fourth-order valence-electron chi connectivity index (χ4n) is 5.63. The number of nitrogens with one attached hydrogen (secondary N) is 3. The van der Waals surface area contributed by atoms with Crippen LogP contribution in [0, 0.1) is 6.92 Å². The molecule has 0 atom stereocenters. The Bertz CT molecular complexity index is 1520. The molecule has 0 aliphatic rings. The van der Waals surface area contributed by atoms with Crippen LogP contribution in [0.2, 0.25) is 0 Å². The number of hydrogen-bond donors (Lipinski definition) is 3. The number of aromatic nitrogens is 3. The number of H-pyrrole nitrogens is 1. The molecule has 3 aromatic heterocycles. The monoisotopic (exact) mass is 589 g/mol. The summed E-state index contributed by atoms with van der Waals surface area (Å²) in [6.45, 7) is 13.7. The second-order valence-electron chi connectivity index (χ2n) is 11.5. The molecule has 3 N–H and O–H groups in total. The summed E-state index contributed by atoms with van der Waals surface area (Å²) < 4.78 is 0. The molecule has 0 spiro atoms. The average Bonchev–Trinajstić information content (AvgIpc) is 3.49. The lowest BCUT2D eigenvalue weighted by molar-refractivity contribution is 0.197. The standard InChI is InChI=1S/C37H47N7/c1-3-43(29-35-11-5-7-19-41-35)23-24-44(22-21-39-27-34-10-4-6-18-40-34)28-32-15-13-31(14-16-32)25-38-20-17-33-26-42-37-30(2)9-8-12-36(33)37/h4-16,18-19,26,38-39,42H,3,17,20-25,27-29H2,1-2H3. The minimum atomic E-state index is 0.789. The Morgan fingerprint density at radius 2 is 1.41 bits per heavy atom. The summed E-state index contributed by atoms with van der Waals surface area (Å²) in [6, 6.07) is 27.9. The average molecular weight is 590 g/mol. The molecule has 44 heavy (non-hydrogen) atoms. The van der Waals surface area contributed by atoms with Crippen molar-refractivity contribution in [1.29, 1.82) is 0 Å². The van der Waals surface area contributed by atoms with E-state index in [1.54, 1.807) is 0 Å². The van der Waals surface area contributed by atoms with E-state index in [9.17, 15) is 0 Å². The van der Waals surface area contributed by atoms with E-state index in [-0.39, 0.29) is 0 Å². The SMILES string of the molecule is CCN(CCN(CCNCc1ccccn1)Cc1ccc(CNCCc2c[nH]c3c(C)cccc23)cc1)Cc1ccccn1. The highest BCUT2D eigenvalue weighted by molar-refractivity contribution is 5.85. The lowest BCUT2D eigenvalue weighted by Crippen LogP contribution is -2.38. The van der Waals surface area contributed by atoms with E-state index in [0.29, 0.717) is 0 Å². The summed E-state index contributed by atoms with van der Waals surface area (Å²) in [5, 5.41) is 8.56. The van der Waals surface area contributed by atoms with Crippen LogP contribution in [-0.4, -0.2) is 64.0 Å². The largest absolute Gasteiger partial charge is 0.361 e. The Morgan fingerprint density at radius 3 is 2.16 bits per heavy atom. The normalized spacial score (nSPS) is 11.6. The van der Waals surface area contributed by atoms with Gasteiger partial charge in [-0.05, 0) is 73.0 Å². The van der Waals surface area contributed by atoms with Crippen LogP contribution >= 0.6 is 0 Å². The topological polar surface area (TPSA) is 72.1 Å². The fraction of sp³-hybridized carbons (Fsp3) is 0.351. The van der Waals surface area contributed by atoms with Crippen LogP contribution in [-0.2, 0) is 32.6 Å². The number of benzene rings is 2. The van der Waals surface area contributed by atoms with Gasteiger partial charge in [0.1, 0.15) is 0 Å². The van der Waals surface area contributed by atoms with E-state index in [4.69, 9.17) is 0 Å². The molecule has 0 unspecified atom stereocenters. The third-order valence-electron chi connectivity index (χ3n) is 8.27. The summed E-state index contributed by atoms with van der Waals surface area (Å²) in [7, 11) is 0. The third-order valence-corrected chi connectivity index (χ3v) is 8.27. The molecule has 0 radical (unpaired) electrons. The molecular formula is C37H47N7. The zero-order chi connectivity index (χ0) is 30.4. The van der Waals surface area contributed by atoms with Crippen LogP contribution in [0.15, 0.2) is 97.5 Å². The highest BCUT2D eigenvalue weighted by atomic mass is 15.2. The first-order valence-corrected chi connectivity index (χ1v) is 16.0. The first-order valence-electron chi connectivity index (χ1n) is 16.0. The van der Waals surface area contributed by atoms with Gasteiger partial charge in [0.15, 0.2) is 0 Å². The van der Waals surface area contributed by atoms with Crippen LogP contribution in [0.1, 0.15) is 40.6 Å². The minimum absolute atomic E-state index is 0.789. The molecule has 5 aromatic rings. The molecule has 0 bridgehead atoms. The van der Waals surface area contributed by atoms with Crippen LogP contribution in [0.3, 0.4) is 0 Å². The molecule has 7 heteroatoms. The van der Waals surface area contributed by atoms with E-state index in [2.05, 4.69) is 116 Å². The molecule has 5 rings (SSSR count). The summed E-state index contributed by atoms with van der Waals surface area (Å²) in [4.78, 5) is 17.5.